The van der Waals surface area contributed by atoms with Crippen LogP contribution in [0.15, 0.2) is 54.6 Å². The highest BCUT2D eigenvalue weighted by atomic mass is 19.1. The molecule has 1 amide bonds. The monoisotopic (exact) mass is 378 g/mol. The normalized spacial score (nSPS) is 16.1. The molecule has 1 aliphatic heterocycles. The third-order valence-electron chi connectivity index (χ3n) is 5.05. The number of benzene rings is 2. The second-order valence-electron chi connectivity index (χ2n) is 7.37. The predicted octanol–water partition coefficient (Wildman–Crippen LogP) is 3.84. The number of aromatic nitrogens is 2. The molecule has 0 fully saturated rings. The molecular weight excluding hydrogens is 355 g/mol. The number of hydrogen-bond acceptors (Lipinski definition) is 3. The number of halogens is 1. The maximum Gasteiger partial charge on any atom is 0.269 e. The lowest BCUT2D eigenvalue weighted by Crippen LogP contribution is -2.45. The van der Waals surface area contributed by atoms with Gasteiger partial charge >= 0.3 is 0 Å². The van der Waals surface area contributed by atoms with Crippen LogP contribution in [0.2, 0.25) is 0 Å². The molecule has 5 nitrogen and oxygen atoms in total. The Morgan fingerprint density at radius 2 is 1.89 bits per heavy atom. The highest BCUT2D eigenvalue weighted by Crippen LogP contribution is 2.23. The standard InChI is InChI=1S/C22H23FN4O/c1-14(2)16-5-3-15(4-6-16)12-24-21-13-25-22(28)20-11-19(26-27(20)21)17-7-9-18(23)10-8-17/h3-11,14,21,24H,12-13H2,1-2H3,(H,25,28)/t21-/m0/s1. The summed E-state index contributed by atoms with van der Waals surface area (Å²) in [6.45, 7) is 5.48. The van der Waals surface area contributed by atoms with E-state index in [1.54, 1.807) is 22.9 Å². The van der Waals surface area contributed by atoms with E-state index in [1.807, 2.05) is 0 Å². The highest BCUT2D eigenvalue weighted by molar-refractivity contribution is 5.94. The number of hydrogen-bond donors (Lipinski definition) is 2. The summed E-state index contributed by atoms with van der Waals surface area (Å²) in [4.78, 5) is 12.2. The molecule has 0 bridgehead atoms. The highest BCUT2D eigenvalue weighted by Gasteiger charge is 2.27. The van der Waals surface area contributed by atoms with Crippen molar-refractivity contribution in [2.75, 3.05) is 6.54 Å². The average molecular weight is 378 g/mol. The van der Waals surface area contributed by atoms with E-state index in [4.69, 9.17) is 0 Å². The maximum absolute atomic E-state index is 13.2. The van der Waals surface area contributed by atoms with Gasteiger partial charge in [0.2, 0.25) is 0 Å². The molecule has 0 spiro atoms. The van der Waals surface area contributed by atoms with Crippen LogP contribution in [-0.4, -0.2) is 22.2 Å². The second-order valence-corrected chi connectivity index (χ2v) is 7.37. The van der Waals surface area contributed by atoms with Crippen molar-refractivity contribution in [1.82, 2.24) is 20.4 Å². The fourth-order valence-electron chi connectivity index (χ4n) is 3.34. The van der Waals surface area contributed by atoms with Crippen LogP contribution in [0.3, 0.4) is 0 Å². The van der Waals surface area contributed by atoms with Crippen molar-refractivity contribution in [3.05, 3.63) is 77.2 Å². The van der Waals surface area contributed by atoms with Gasteiger partial charge in [0.15, 0.2) is 0 Å². The predicted molar refractivity (Wildman–Crippen MR) is 106 cm³/mol. The zero-order valence-corrected chi connectivity index (χ0v) is 15.9. The van der Waals surface area contributed by atoms with E-state index < -0.39 is 0 Å². The summed E-state index contributed by atoms with van der Waals surface area (Å²) >= 11 is 0. The number of fused-ring (bicyclic) bond motifs is 1. The third-order valence-corrected chi connectivity index (χ3v) is 5.05. The Bertz CT molecular complexity index is 977. The molecule has 2 N–H and O–H groups in total. The number of amides is 1. The van der Waals surface area contributed by atoms with Crippen molar-refractivity contribution < 1.29 is 9.18 Å². The van der Waals surface area contributed by atoms with Crippen LogP contribution in [0.1, 0.15) is 47.5 Å². The molecule has 0 radical (unpaired) electrons. The molecule has 0 unspecified atom stereocenters. The second kappa shape index (κ2) is 7.56. The molecule has 1 aliphatic rings. The van der Waals surface area contributed by atoms with Gasteiger partial charge in [-0.15, -0.1) is 0 Å². The Morgan fingerprint density at radius 1 is 1.18 bits per heavy atom. The van der Waals surface area contributed by atoms with Crippen molar-refractivity contribution in [1.29, 1.82) is 0 Å². The number of rotatable bonds is 5. The Labute approximate surface area is 163 Å². The summed E-state index contributed by atoms with van der Waals surface area (Å²) in [6, 6.07) is 16.4. The molecule has 1 atom stereocenters. The molecule has 2 heterocycles. The zero-order chi connectivity index (χ0) is 19.7. The van der Waals surface area contributed by atoms with Crippen molar-refractivity contribution in [3.63, 3.8) is 0 Å². The van der Waals surface area contributed by atoms with Gasteiger partial charge in [-0.1, -0.05) is 38.1 Å². The third kappa shape index (κ3) is 3.68. The van der Waals surface area contributed by atoms with Gasteiger partial charge in [0.05, 0.1) is 12.2 Å². The van der Waals surface area contributed by atoms with Crippen LogP contribution in [0, 0.1) is 5.82 Å². The fourth-order valence-corrected chi connectivity index (χ4v) is 3.34. The van der Waals surface area contributed by atoms with E-state index in [2.05, 4.69) is 53.8 Å². The van der Waals surface area contributed by atoms with E-state index in [0.29, 0.717) is 30.4 Å². The minimum atomic E-state index is -0.298. The average Bonchev–Trinajstić information content (AvgIpc) is 3.15. The first-order chi connectivity index (χ1) is 13.5. The van der Waals surface area contributed by atoms with E-state index in [9.17, 15) is 9.18 Å². The summed E-state index contributed by atoms with van der Waals surface area (Å²) in [5.41, 5.74) is 4.42. The first-order valence-corrected chi connectivity index (χ1v) is 9.47. The van der Waals surface area contributed by atoms with E-state index >= 15 is 0 Å². The van der Waals surface area contributed by atoms with Crippen molar-refractivity contribution in [3.8, 4) is 11.3 Å². The number of carbonyl (C=O) groups excluding carboxylic acids is 1. The smallest absolute Gasteiger partial charge is 0.269 e. The van der Waals surface area contributed by atoms with Crippen LogP contribution >= 0.6 is 0 Å². The summed E-state index contributed by atoms with van der Waals surface area (Å²) in [5.74, 6) is 0.0563. The van der Waals surface area contributed by atoms with Gasteiger partial charge in [0, 0.05) is 12.1 Å². The van der Waals surface area contributed by atoms with Crippen LogP contribution in [0.4, 0.5) is 4.39 Å². The molecule has 3 aromatic rings. The van der Waals surface area contributed by atoms with Crippen LogP contribution < -0.4 is 10.6 Å². The number of carbonyl (C=O) groups is 1. The summed E-state index contributed by atoms with van der Waals surface area (Å²) in [7, 11) is 0. The largest absolute Gasteiger partial charge is 0.347 e. The summed E-state index contributed by atoms with van der Waals surface area (Å²) in [5, 5.41) is 11.0. The van der Waals surface area contributed by atoms with Gasteiger partial charge in [-0.25, -0.2) is 9.07 Å². The molecule has 4 rings (SSSR count). The lowest BCUT2D eigenvalue weighted by Gasteiger charge is -2.26. The fraction of sp³-hybridized carbons (Fsp3) is 0.273. The van der Waals surface area contributed by atoms with Crippen LogP contribution in [-0.2, 0) is 6.54 Å². The van der Waals surface area contributed by atoms with E-state index in [0.717, 1.165) is 5.56 Å². The molecule has 0 aliphatic carbocycles. The van der Waals surface area contributed by atoms with Gasteiger partial charge in [0.1, 0.15) is 17.7 Å². The molecular formula is C22H23FN4O. The van der Waals surface area contributed by atoms with E-state index in [1.165, 1.54) is 23.3 Å². The summed E-state index contributed by atoms with van der Waals surface area (Å²) < 4.78 is 14.9. The Kier molecular flexibility index (Phi) is 4.96. The van der Waals surface area contributed by atoms with Crippen LogP contribution in [0.25, 0.3) is 11.3 Å². The summed E-state index contributed by atoms with van der Waals surface area (Å²) in [6.07, 6.45) is -0.147. The molecule has 6 heteroatoms. The van der Waals surface area contributed by atoms with E-state index in [-0.39, 0.29) is 17.9 Å². The zero-order valence-electron chi connectivity index (χ0n) is 15.9. The first-order valence-electron chi connectivity index (χ1n) is 9.47. The van der Waals surface area contributed by atoms with Crippen molar-refractivity contribution in [2.24, 2.45) is 0 Å². The van der Waals surface area contributed by atoms with Gasteiger partial charge in [-0.05, 0) is 47.4 Å². The Balaban J connectivity index is 1.53. The molecule has 0 saturated carbocycles. The van der Waals surface area contributed by atoms with Gasteiger partial charge in [-0.2, -0.15) is 5.10 Å². The lowest BCUT2D eigenvalue weighted by molar-refractivity contribution is 0.0900. The number of nitrogens with one attached hydrogen (secondary N) is 2. The molecule has 1 aromatic heterocycles. The number of nitrogens with zero attached hydrogens (tertiary/aromatic N) is 2. The molecule has 0 saturated heterocycles. The van der Waals surface area contributed by atoms with Crippen molar-refractivity contribution in [2.45, 2.75) is 32.5 Å². The molecule has 144 valence electrons. The quantitative estimate of drug-likeness (QED) is 0.709. The minimum Gasteiger partial charge on any atom is -0.347 e. The lowest BCUT2D eigenvalue weighted by atomic mass is 10.0. The topological polar surface area (TPSA) is 58.9 Å². The van der Waals surface area contributed by atoms with Gasteiger partial charge in [0.25, 0.3) is 5.91 Å². The Morgan fingerprint density at radius 3 is 2.57 bits per heavy atom. The molecule has 2 aromatic carbocycles. The van der Waals surface area contributed by atoms with Crippen LogP contribution in [0.5, 0.6) is 0 Å². The minimum absolute atomic E-state index is 0.147. The first kappa shape index (κ1) is 18.4. The Hall–Kier alpha value is -2.99. The SMILES string of the molecule is CC(C)c1ccc(CN[C@@H]2CNC(=O)c3cc(-c4ccc(F)cc4)nn32)cc1. The maximum atomic E-state index is 13.2. The van der Waals surface area contributed by atoms with Crippen molar-refractivity contribution >= 4 is 5.91 Å². The van der Waals surface area contributed by atoms with Gasteiger partial charge < -0.3 is 5.32 Å². The van der Waals surface area contributed by atoms with Gasteiger partial charge in [-0.3, -0.25) is 10.1 Å². The molecule has 28 heavy (non-hydrogen) atoms.